The molecule has 3 heterocycles. The molecule has 52 heavy (non-hydrogen) atoms. The van der Waals surface area contributed by atoms with Crippen molar-refractivity contribution < 1.29 is 61.9 Å². The Hall–Kier alpha value is -2.82. The van der Waals surface area contributed by atoms with Crippen molar-refractivity contribution in [3.05, 3.63) is 11.3 Å². The SMILES string of the molecule is CCC(=O)NC1=C(C)C[C@@]2(C)OCC(=O)CO[C@H]([C@H]1C)[C@](C)(O)[C@@H](CC)OC(=O)[C@@](C)(F)C(=O)[C@H](C)[C@H]2O[C@@H]1O[C@H](C)C[C@H](N(C)C)[C@H]1OC(C)=O. The normalized spacial score (nSPS) is 40.0. The molecule has 0 saturated carbocycles. The van der Waals surface area contributed by atoms with Gasteiger partial charge in [0.05, 0.1) is 30.0 Å². The molecule has 0 aromatic carbocycles. The lowest BCUT2D eigenvalue weighted by Crippen LogP contribution is -2.61. The number of carbonyl (C=O) groups excluding carboxylic acids is 5. The van der Waals surface area contributed by atoms with Gasteiger partial charge >= 0.3 is 11.9 Å². The molecule has 0 radical (unpaired) electrons. The molecule has 1 fully saturated rings. The fourth-order valence-corrected chi connectivity index (χ4v) is 7.74. The number of carbonyl (C=O) groups is 5. The van der Waals surface area contributed by atoms with Gasteiger partial charge in [0, 0.05) is 37.3 Å². The van der Waals surface area contributed by atoms with Gasteiger partial charge in [-0.25, -0.2) is 9.18 Å². The number of halogens is 1. The van der Waals surface area contributed by atoms with E-state index in [1.807, 2.05) is 25.9 Å². The summed E-state index contributed by atoms with van der Waals surface area (Å²) in [4.78, 5) is 68.6. The maximum Gasteiger partial charge on any atom is 0.351 e. The fourth-order valence-electron chi connectivity index (χ4n) is 7.74. The van der Waals surface area contributed by atoms with Gasteiger partial charge in [0.15, 0.2) is 24.0 Å². The lowest BCUT2D eigenvalue weighted by atomic mass is 9.76. The van der Waals surface area contributed by atoms with Gasteiger partial charge < -0.3 is 43.7 Å². The van der Waals surface area contributed by atoms with E-state index in [2.05, 4.69) is 5.32 Å². The van der Waals surface area contributed by atoms with Gasteiger partial charge in [0.1, 0.15) is 24.9 Å². The molecule has 2 bridgehead atoms. The average Bonchev–Trinajstić information content (AvgIpc) is 3.07. The van der Waals surface area contributed by atoms with Crippen molar-refractivity contribution in [3.8, 4) is 0 Å². The molecule has 15 heteroatoms. The van der Waals surface area contributed by atoms with Gasteiger partial charge in [-0.05, 0) is 61.6 Å². The second kappa shape index (κ2) is 17.1. The Labute approximate surface area is 306 Å². The number of Topliss-reactive ketones (excluding diaryl/α,β-unsaturated/α-hetero) is 2. The highest BCUT2D eigenvalue weighted by Crippen LogP contribution is 2.41. The number of hydrogen-bond donors (Lipinski definition) is 2. The Morgan fingerprint density at radius 2 is 1.69 bits per heavy atom. The van der Waals surface area contributed by atoms with E-state index in [4.69, 9.17) is 28.4 Å². The molecular weight excluding hydrogens is 683 g/mol. The minimum atomic E-state index is -3.24. The minimum Gasteiger partial charge on any atom is -0.457 e. The molecule has 1 amide bonds. The van der Waals surface area contributed by atoms with Crippen LogP contribution in [-0.4, -0.2) is 126 Å². The van der Waals surface area contributed by atoms with Gasteiger partial charge in [0.2, 0.25) is 5.91 Å². The largest absolute Gasteiger partial charge is 0.457 e. The first-order valence-electron chi connectivity index (χ1n) is 18.1. The zero-order valence-electron chi connectivity index (χ0n) is 32.7. The number of esters is 2. The van der Waals surface area contributed by atoms with E-state index in [0.29, 0.717) is 17.7 Å². The Morgan fingerprint density at radius 3 is 2.25 bits per heavy atom. The van der Waals surface area contributed by atoms with Gasteiger partial charge in [0.25, 0.3) is 5.67 Å². The summed E-state index contributed by atoms with van der Waals surface area (Å²) in [6, 6.07) is -0.391. The summed E-state index contributed by atoms with van der Waals surface area (Å²) in [5.41, 5.74) is -6.07. The Bertz CT molecular complexity index is 1380. The Balaban J connectivity index is 2.40. The van der Waals surface area contributed by atoms with Gasteiger partial charge in [-0.1, -0.05) is 33.3 Å². The first-order chi connectivity index (χ1) is 24.0. The Morgan fingerprint density at radius 1 is 1.06 bits per heavy atom. The molecule has 0 aromatic rings. The van der Waals surface area contributed by atoms with Crippen LogP contribution in [0.3, 0.4) is 0 Å². The molecule has 3 rings (SSSR count). The predicted molar refractivity (Wildman–Crippen MR) is 185 cm³/mol. The van der Waals surface area contributed by atoms with Crippen molar-refractivity contribution in [3.63, 3.8) is 0 Å². The minimum absolute atomic E-state index is 0.0207. The zero-order valence-corrected chi connectivity index (χ0v) is 32.7. The number of nitrogens with zero attached hydrogens (tertiary/aromatic N) is 1. The summed E-state index contributed by atoms with van der Waals surface area (Å²) < 4.78 is 53.4. The van der Waals surface area contributed by atoms with Crippen molar-refractivity contribution in [1.82, 2.24) is 10.2 Å². The molecule has 296 valence electrons. The molecule has 1 saturated heterocycles. The molecule has 14 nitrogen and oxygen atoms in total. The molecule has 0 spiro atoms. The molecule has 2 N–H and O–H groups in total. The molecular formula is C37H59FN2O12. The monoisotopic (exact) mass is 742 g/mol. The smallest absolute Gasteiger partial charge is 0.351 e. The lowest BCUT2D eigenvalue weighted by Gasteiger charge is -2.47. The van der Waals surface area contributed by atoms with E-state index >= 15 is 4.39 Å². The first-order valence-corrected chi connectivity index (χ1v) is 18.1. The maximum absolute atomic E-state index is 16.7. The highest BCUT2D eigenvalue weighted by Gasteiger charge is 2.56. The summed E-state index contributed by atoms with van der Waals surface area (Å²) in [6.45, 7) is 13.8. The van der Waals surface area contributed by atoms with Crippen molar-refractivity contribution in [2.24, 2.45) is 11.8 Å². The molecule has 0 aliphatic carbocycles. The lowest BCUT2D eigenvalue weighted by molar-refractivity contribution is -0.298. The second-order valence-electron chi connectivity index (χ2n) is 15.3. The van der Waals surface area contributed by atoms with Crippen molar-refractivity contribution >= 4 is 29.4 Å². The number of hydrogen-bond acceptors (Lipinski definition) is 13. The third-order valence-corrected chi connectivity index (χ3v) is 10.6. The quantitative estimate of drug-likeness (QED) is 0.288. The summed E-state index contributed by atoms with van der Waals surface area (Å²) in [5.74, 6) is -6.55. The highest BCUT2D eigenvalue weighted by molar-refractivity contribution is 6.07. The van der Waals surface area contributed by atoms with Crippen LogP contribution in [0.1, 0.15) is 94.9 Å². The average molecular weight is 743 g/mol. The third-order valence-electron chi connectivity index (χ3n) is 10.6. The summed E-state index contributed by atoms with van der Waals surface area (Å²) >= 11 is 0. The van der Waals surface area contributed by atoms with Crippen LogP contribution < -0.4 is 5.32 Å². The number of nitrogens with one attached hydrogen (secondary N) is 1. The molecule has 3 aliphatic rings. The van der Waals surface area contributed by atoms with E-state index < -0.39 is 108 Å². The Kier molecular flexibility index (Phi) is 14.3. The number of ketones is 2. The van der Waals surface area contributed by atoms with Crippen molar-refractivity contribution in [1.29, 1.82) is 0 Å². The van der Waals surface area contributed by atoms with E-state index in [1.54, 1.807) is 34.6 Å². The van der Waals surface area contributed by atoms with Gasteiger partial charge in [-0.2, -0.15) is 0 Å². The zero-order chi connectivity index (χ0) is 39.5. The molecule has 3 aliphatic heterocycles. The number of aliphatic hydroxyl groups is 1. The number of fused-ring (bicyclic) bond motifs is 4. The number of amides is 1. The second-order valence-corrected chi connectivity index (χ2v) is 15.3. The van der Waals surface area contributed by atoms with E-state index in [0.717, 1.165) is 6.92 Å². The van der Waals surface area contributed by atoms with Crippen LogP contribution in [0, 0.1) is 11.8 Å². The van der Waals surface area contributed by atoms with Crippen LogP contribution in [0.15, 0.2) is 11.3 Å². The molecule has 0 unspecified atom stereocenters. The van der Waals surface area contributed by atoms with E-state index in [-0.39, 0.29) is 25.2 Å². The van der Waals surface area contributed by atoms with Crippen LogP contribution >= 0.6 is 0 Å². The standard InChI is InChI=1S/C37H59FN2O12/c1-13-26-37(10,46)32-21(5)28(39-27(43)14-2)19(3)16-35(8,48-18-24(42)17-47-32)31(22(6)30(44)36(9,38)34(45)51-26)52-33-29(50-23(7)41)25(40(11)12)15-20(4)49-33/h20-22,25-26,29,31-33,46H,13-18H2,1-12H3,(H,39,43)/t20-,21+,22+,25+,26-,29-,31-,32-,33+,35-,36+,37-/m1/s1. The van der Waals surface area contributed by atoms with Gasteiger partial charge in [-0.15, -0.1) is 0 Å². The van der Waals surface area contributed by atoms with Crippen LogP contribution in [0.5, 0.6) is 0 Å². The van der Waals surface area contributed by atoms with E-state index in [1.165, 1.54) is 20.8 Å². The predicted octanol–water partition coefficient (Wildman–Crippen LogP) is 2.96. The number of cyclic esters (lactones) is 1. The number of alkyl halides is 1. The summed E-state index contributed by atoms with van der Waals surface area (Å²) in [7, 11) is 3.62. The van der Waals surface area contributed by atoms with Crippen LogP contribution in [0.4, 0.5) is 4.39 Å². The number of ether oxygens (including phenoxy) is 6. The maximum atomic E-state index is 16.7. The molecule has 0 aromatic heterocycles. The highest BCUT2D eigenvalue weighted by atomic mass is 19.1. The number of rotatable bonds is 7. The fraction of sp³-hybridized carbons (Fsp3) is 0.811. The van der Waals surface area contributed by atoms with Gasteiger partial charge in [-0.3, -0.25) is 19.2 Å². The third kappa shape index (κ3) is 9.45. The summed E-state index contributed by atoms with van der Waals surface area (Å²) in [6.07, 6.45) is -6.40. The van der Waals surface area contributed by atoms with E-state index in [9.17, 15) is 29.1 Å². The summed E-state index contributed by atoms with van der Waals surface area (Å²) in [5, 5.41) is 15.0. The van der Waals surface area contributed by atoms with Crippen LogP contribution in [-0.2, 0) is 52.4 Å². The van der Waals surface area contributed by atoms with Crippen molar-refractivity contribution in [2.45, 2.75) is 155 Å². The van der Waals surface area contributed by atoms with Crippen LogP contribution in [0.25, 0.3) is 0 Å². The number of likely N-dealkylation sites (N-methyl/N-ethyl adjacent to an activating group) is 1. The topological polar surface area (TPSA) is 176 Å². The first kappa shape index (κ1) is 43.6. The molecule has 12 atom stereocenters. The van der Waals surface area contributed by atoms with Crippen molar-refractivity contribution in [2.75, 3.05) is 27.3 Å². The van der Waals surface area contributed by atoms with Crippen LogP contribution in [0.2, 0.25) is 0 Å².